The average Bonchev–Trinajstić information content (AvgIpc) is 2.82. The first-order chi connectivity index (χ1) is 17.4. The number of azo groups is 1. The van der Waals surface area contributed by atoms with Crippen molar-refractivity contribution in [2.75, 3.05) is 5.32 Å². The van der Waals surface area contributed by atoms with Crippen LogP contribution < -0.4 is 34.9 Å². The molecule has 0 aliphatic heterocycles. The number of nitrogens with one attached hydrogen (secondary N) is 1. The first kappa shape index (κ1) is 33.6. The molecule has 0 saturated carbocycles. The summed E-state index contributed by atoms with van der Waals surface area (Å²) in [4.78, 5) is 10.7. The molecule has 4 aromatic carbocycles. The van der Waals surface area contributed by atoms with Crippen LogP contribution in [-0.2, 0) is 20.2 Å². The van der Waals surface area contributed by atoms with Gasteiger partial charge in [0.2, 0.25) is 0 Å². The molecule has 0 saturated heterocycles. The number of carbonyl (C=O) groups excluding carboxylic acids is 1. The maximum Gasteiger partial charge on any atom is 2.00 e. The van der Waals surface area contributed by atoms with Gasteiger partial charge in [-0.2, -0.15) is 5.11 Å². The van der Waals surface area contributed by atoms with Crippen molar-refractivity contribution < 1.29 is 65.4 Å². The maximum atomic E-state index is 12.7. The van der Waals surface area contributed by atoms with E-state index in [1.807, 2.05) is 0 Å². The van der Waals surface area contributed by atoms with Crippen molar-refractivity contribution in [3.05, 3.63) is 83.9 Å². The smallest absolute Gasteiger partial charge is 0.744 e. The molecule has 0 aromatic heterocycles. The molecule has 0 atom stereocenters. The largest absolute Gasteiger partial charge is 2.00 e. The van der Waals surface area contributed by atoms with Crippen LogP contribution in [0.1, 0.15) is 15.9 Å². The summed E-state index contributed by atoms with van der Waals surface area (Å²) in [5.74, 6) is -1.63. The van der Waals surface area contributed by atoms with Crippen LogP contribution in [0.2, 0.25) is 0 Å². The summed E-state index contributed by atoms with van der Waals surface area (Å²) in [5, 5.41) is 20.2. The number of rotatable bonds is 6. The van der Waals surface area contributed by atoms with Crippen LogP contribution in [0.3, 0.4) is 0 Å². The number of hydrogen-bond acceptors (Lipinski definition) is 10. The average molecular weight is 700 g/mol. The van der Waals surface area contributed by atoms with E-state index in [-0.39, 0.29) is 95.4 Å². The van der Waals surface area contributed by atoms with Gasteiger partial charge in [0.1, 0.15) is 25.9 Å². The summed E-state index contributed by atoms with van der Waals surface area (Å²) in [5.41, 5.74) is 0.318. The number of benzene rings is 4. The van der Waals surface area contributed by atoms with Crippen molar-refractivity contribution in [2.24, 2.45) is 10.2 Å². The van der Waals surface area contributed by atoms with Gasteiger partial charge < -0.3 is 19.5 Å². The summed E-state index contributed by atoms with van der Waals surface area (Å²) in [6.07, 6.45) is 0. The summed E-state index contributed by atoms with van der Waals surface area (Å²) >= 11 is 0. The minimum absolute atomic E-state index is 0. The molecule has 0 unspecified atom stereocenters. The third-order valence-electron chi connectivity index (χ3n) is 5.27. The molecular formula is C24H17BaN3NaO8S2+. The van der Waals surface area contributed by atoms with Gasteiger partial charge >= 0.3 is 78.4 Å². The zero-order chi connectivity index (χ0) is 27.0. The first-order valence-corrected chi connectivity index (χ1v) is 13.3. The van der Waals surface area contributed by atoms with Crippen molar-refractivity contribution in [3.8, 4) is 5.75 Å². The Kier molecular flexibility index (Phi) is 11.5. The van der Waals surface area contributed by atoms with Gasteiger partial charge in [-0.05, 0) is 55.0 Å². The van der Waals surface area contributed by atoms with E-state index >= 15 is 0 Å². The van der Waals surface area contributed by atoms with E-state index in [2.05, 4.69) is 15.5 Å². The SMILES string of the molecule is Cc1cccc(N=Nc2c(S(=O)(=O)[O-])cc3c(S(=O)(=O)[O-])ccc(NC(=O)c4ccccc4)c3c2O)c1.[Ba+2].[Na+]. The molecule has 4 rings (SSSR count). The van der Waals surface area contributed by atoms with E-state index in [4.69, 9.17) is 0 Å². The Morgan fingerprint density at radius 1 is 0.846 bits per heavy atom. The Morgan fingerprint density at radius 3 is 2.08 bits per heavy atom. The molecule has 1 amide bonds. The molecule has 0 fully saturated rings. The van der Waals surface area contributed by atoms with Crippen molar-refractivity contribution in [2.45, 2.75) is 16.7 Å². The Labute approximate surface area is 286 Å². The van der Waals surface area contributed by atoms with Gasteiger partial charge in [-0.15, -0.1) is 5.11 Å². The Balaban J connectivity index is 0.00000267. The third kappa shape index (κ3) is 7.78. The number of anilines is 1. The quantitative estimate of drug-likeness (QED) is 0.169. The molecule has 0 bridgehead atoms. The first-order valence-electron chi connectivity index (χ1n) is 10.5. The van der Waals surface area contributed by atoms with Gasteiger partial charge in [-0.25, -0.2) is 16.8 Å². The molecule has 0 aliphatic carbocycles. The van der Waals surface area contributed by atoms with E-state index in [1.165, 1.54) is 18.2 Å². The number of carbonyl (C=O) groups is 1. The van der Waals surface area contributed by atoms with Crippen LogP contribution in [0.5, 0.6) is 5.75 Å². The molecule has 0 heterocycles. The molecular weight excluding hydrogens is 683 g/mol. The van der Waals surface area contributed by atoms with Gasteiger partial charge in [0, 0.05) is 10.9 Å². The molecule has 2 N–H and O–H groups in total. The predicted molar refractivity (Wildman–Crippen MR) is 137 cm³/mol. The van der Waals surface area contributed by atoms with Crippen LogP contribution in [0.25, 0.3) is 10.8 Å². The molecule has 190 valence electrons. The van der Waals surface area contributed by atoms with Crippen LogP contribution in [-0.4, -0.2) is 85.8 Å². The Bertz CT molecular complexity index is 1800. The minimum Gasteiger partial charge on any atom is -0.744 e. The second-order valence-corrected chi connectivity index (χ2v) is 10.6. The summed E-state index contributed by atoms with van der Waals surface area (Å²) < 4.78 is 71.9. The molecule has 11 nitrogen and oxygen atoms in total. The van der Waals surface area contributed by atoms with E-state index < -0.39 is 58.1 Å². The van der Waals surface area contributed by atoms with E-state index in [0.717, 1.165) is 17.7 Å². The van der Waals surface area contributed by atoms with Crippen LogP contribution in [0, 0.1) is 6.92 Å². The molecule has 39 heavy (non-hydrogen) atoms. The van der Waals surface area contributed by atoms with Crippen LogP contribution >= 0.6 is 0 Å². The molecule has 4 aromatic rings. The summed E-state index contributed by atoms with van der Waals surface area (Å²) in [6, 6.07) is 16.9. The number of hydrogen-bond donors (Lipinski definition) is 2. The summed E-state index contributed by atoms with van der Waals surface area (Å²) in [6.45, 7) is 1.77. The number of aromatic hydroxyl groups is 1. The van der Waals surface area contributed by atoms with Crippen molar-refractivity contribution in [1.82, 2.24) is 0 Å². The molecule has 0 spiro atoms. The van der Waals surface area contributed by atoms with Gasteiger partial charge in [0.25, 0.3) is 5.91 Å². The fraction of sp³-hybridized carbons (Fsp3) is 0.0417. The van der Waals surface area contributed by atoms with E-state index in [9.17, 15) is 35.8 Å². The number of phenols is 1. The standard InChI is InChI=1S/C24H19N3O8S2.Ba.Na/c1-14-6-5-9-16(12-14)26-27-22-20(37(33,34)35)13-17-19(36(30,31)32)11-10-18(21(17)23(22)28)25-24(29)15-7-3-2-4-8-15;;/h2-13,28H,1H3,(H,25,29)(H,30,31,32)(H,33,34,35);;/q;+2;+1/p-2. The topological polar surface area (TPSA) is 188 Å². The second kappa shape index (κ2) is 13.4. The van der Waals surface area contributed by atoms with Crippen molar-refractivity contribution in [1.29, 1.82) is 0 Å². The Hall–Kier alpha value is -1.60. The second-order valence-electron chi connectivity index (χ2n) is 7.87. The predicted octanol–water partition coefficient (Wildman–Crippen LogP) is 0.953. The van der Waals surface area contributed by atoms with Gasteiger partial charge in [-0.1, -0.05) is 30.3 Å². The zero-order valence-electron chi connectivity index (χ0n) is 20.7. The van der Waals surface area contributed by atoms with Gasteiger partial charge in [0.05, 0.1) is 26.6 Å². The van der Waals surface area contributed by atoms with E-state index in [1.54, 1.807) is 43.3 Å². The minimum atomic E-state index is -5.35. The van der Waals surface area contributed by atoms with Gasteiger partial charge in [-0.3, -0.25) is 4.79 Å². The zero-order valence-corrected chi connectivity index (χ0v) is 28.7. The van der Waals surface area contributed by atoms with Crippen LogP contribution in [0.4, 0.5) is 17.1 Å². The summed E-state index contributed by atoms with van der Waals surface area (Å²) in [7, 11) is -10.6. The number of amides is 1. The van der Waals surface area contributed by atoms with Crippen molar-refractivity contribution >= 4 is 103 Å². The number of nitrogens with zero attached hydrogens (tertiary/aromatic N) is 2. The third-order valence-corrected chi connectivity index (χ3v) is 7.01. The molecule has 0 radical (unpaired) electrons. The number of fused-ring (bicyclic) bond motifs is 1. The number of phenolic OH excluding ortho intramolecular Hbond substituents is 1. The fourth-order valence-electron chi connectivity index (χ4n) is 3.62. The fourth-order valence-corrected chi connectivity index (χ4v) is 4.93. The molecule has 0 aliphatic rings. The molecule has 15 heteroatoms. The monoisotopic (exact) mass is 700 g/mol. The number of aryl methyl sites for hydroxylation is 1. The maximum absolute atomic E-state index is 12.7. The Morgan fingerprint density at radius 2 is 1.49 bits per heavy atom. The van der Waals surface area contributed by atoms with Crippen LogP contribution in [0.15, 0.2) is 92.8 Å². The van der Waals surface area contributed by atoms with Gasteiger partial charge in [0.15, 0.2) is 5.75 Å². The van der Waals surface area contributed by atoms with E-state index in [0.29, 0.717) is 6.07 Å². The van der Waals surface area contributed by atoms with Crippen molar-refractivity contribution in [3.63, 3.8) is 0 Å². The normalized spacial score (nSPS) is 11.6.